The number of ether oxygens (including phenoxy) is 1. The van der Waals surface area contributed by atoms with E-state index in [-0.39, 0.29) is 41.6 Å². The number of amides is 2. The van der Waals surface area contributed by atoms with E-state index in [1.807, 2.05) is 0 Å². The summed E-state index contributed by atoms with van der Waals surface area (Å²) in [5, 5.41) is 2.50. The highest BCUT2D eigenvalue weighted by Crippen LogP contribution is 2.29. The van der Waals surface area contributed by atoms with Crippen molar-refractivity contribution in [2.45, 2.75) is 43.7 Å². The number of aromatic nitrogens is 1. The molecule has 33 heavy (non-hydrogen) atoms. The summed E-state index contributed by atoms with van der Waals surface area (Å²) in [4.78, 5) is 30.1. The maximum atomic E-state index is 12.5. The van der Waals surface area contributed by atoms with Gasteiger partial charge in [0, 0.05) is 49.9 Å². The lowest BCUT2D eigenvalue weighted by molar-refractivity contribution is -0.128. The molecule has 0 unspecified atom stereocenters. The molecule has 178 valence electrons. The summed E-state index contributed by atoms with van der Waals surface area (Å²) in [6.07, 6.45) is 0.991. The molecular weight excluding hydrogens is 456 g/mol. The van der Waals surface area contributed by atoms with Gasteiger partial charge in [0.1, 0.15) is 11.5 Å². The number of sulfone groups is 1. The van der Waals surface area contributed by atoms with Gasteiger partial charge in [-0.3, -0.25) is 9.59 Å². The zero-order valence-corrected chi connectivity index (χ0v) is 18.9. The summed E-state index contributed by atoms with van der Waals surface area (Å²) < 4.78 is 53.7. The van der Waals surface area contributed by atoms with Crippen LogP contribution in [0.4, 0.5) is 8.78 Å². The van der Waals surface area contributed by atoms with Crippen LogP contribution in [0.15, 0.2) is 41.6 Å². The summed E-state index contributed by atoms with van der Waals surface area (Å²) >= 11 is 0. The molecule has 0 spiro atoms. The number of nitrogens with one attached hydrogen (secondary N) is 1. The quantitative estimate of drug-likeness (QED) is 0.523. The Labute approximate surface area is 190 Å². The third kappa shape index (κ3) is 6.95. The molecule has 1 fully saturated rings. The average molecular weight is 482 g/mol. The molecular formula is C22H25F2N3O5S. The van der Waals surface area contributed by atoms with Crippen molar-refractivity contribution in [1.29, 1.82) is 0 Å². The molecule has 0 atom stereocenters. The number of hydrogen-bond donors (Lipinski definition) is 1. The van der Waals surface area contributed by atoms with Gasteiger partial charge in [-0.25, -0.2) is 22.2 Å². The summed E-state index contributed by atoms with van der Waals surface area (Å²) in [6, 6.07) is 7.52. The molecule has 8 nitrogen and oxygen atoms in total. The third-order valence-electron chi connectivity index (χ3n) is 5.06. The van der Waals surface area contributed by atoms with Crippen molar-refractivity contribution >= 4 is 21.7 Å². The van der Waals surface area contributed by atoms with E-state index in [2.05, 4.69) is 10.3 Å². The lowest BCUT2D eigenvalue weighted by Gasteiger charge is -2.19. The van der Waals surface area contributed by atoms with Gasteiger partial charge in [0.2, 0.25) is 12.3 Å². The number of likely N-dealkylation sites (tertiary alicyclic amines) is 1. The van der Waals surface area contributed by atoms with Crippen molar-refractivity contribution in [2.75, 3.05) is 19.3 Å². The predicted octanol–water partition coefficient (Wildman–Crippen LogP) is 3.17. The van der Waals surface area contributed by atoms with E-state index < -0.39 is 22.2 Å². The van der Waals surface area contributed by atoms with Gasteiger partial charge in [0.15, 0.2) is 14.9 Å². The van der Waals surface area contributed by atoms with Gasteiger partial charge in [0.25, 0.3) is 5.91 Å². The fourth-order valence-electron chi connectivity index (χ4n) is 3.33. The second kappa shape index (κ2) is 10.7. The molecule has 1 aliphatic heterocycles. The standard InChI is InChI=1S/C22H25F2N3O5S/c1-33(30,31)20-9-8-17(13-26-20)32-18-12-15(22(29)25-10-2-4-19(23)24)6-7-16(18)14-27-11-3-5-21(27)28/h6-9,12-13,19H,2-5,10-11,14H2,1H3,(H,25,29). The number of carbonyl (C=O) groups excluding carboxylic acids is 2. The van der Waals surface area contributed by atoms with Crippen LogP contribution in [-0.4, -0.2) is 55.9 Å². The highest BCUT2D eigenvalue weighted by atomic mass is 32.2. The fourth-order valence-corrected chi connectivity index (χ4v) is 3.89. The highest BCUT2D eigenvalue weighted by Gasteiger charge is 2.22. The summed E-state index contributed by atoms with van der Waals surface area (Å²) in [6.45, 7) is 1.02. The van der Waals surface area contributed by atoms with E-state index in [4.69, 9.17) is 4.74 Å². The normalized spacial score (nSPS) is 14.1. The van der Waals surface area contributed by atoms with Crippen molar-refractivity contribution in [1.82, 2.24) is 15.2 Å². The topological polar surface area (TPSA) is 106 Å². The summed E-state index contributed by atoms with van der Waals surface area (Å²) in [7, 11) is -3.47. The number of nitrogens with zero attached hydrogens (tertiary/aromatic N) is 2. The number of pyridine rings is 1. The molecule has 2 heterocycles. The Kier molecular flexibility index (Phi) is 7.96. The first-order chi connectivity index (χ1) is 15.6. The molecule has 11 heteroatoms. The van der Waals surface area contributed by atoms with Crippen LogP contribution in [0.1, 0.15) is 41.6 Å². The number of rotatable bonds is 10. The first kappa shape index (κ1) is 24.6. The van der Waals surface area contributed by atoms with Crippen LogP contribution >= 0.6 is 0 Å². The predicted molar refractivity (Wildman–Crippen MR) is 116 cm³/mol. The minimum atomic E-state index is -3.47. The van der Waals surface area contributed by atoms with Gasteiger partial charge in [-0.1, -0.05) is 6.07 Å². The molecule has 3 rings (SSSR count). The Morgan fingerprint density at radius 2 is 2.06 bits per heavy atom. The van der Waals surface area contributed by atoms with Crippen molar-refractivity contribution in [3.05, 3.63) is 47.7 Å². The van der Waals surface area contributed by atoms with Gasteiger partial charge in [0.05, 0.1) is 6.20 Å². The smallest absolute Gasteiger partial charge is 0.251 e. The Morgan fingerprint density at radius 1 is 1.27 bits per heavy atom. The molecule has 1 aromatic carbocycles. The van der Waals surface area contributed by atoms with Crippen LogP contribution < -0.4 is 10.1 Å². The Morgan fingerprint density at radius 3 is 2.67 bits per heavy atom. The van der Waals surface area contributed by atoms with E-state index in [1.54, 1.807) is 17.0 Å². The van der Waals surface area contributed by atoms with Gasteiger partial charge in [-0.05, 0) is 37.1 Å². The number of benzene rings is 1. The van der Waals surface area contributed by atoms with Crippen LogP contribution in [0.25, 0.3) is 0 Å². The minimum absolute atomic E-state index is 0.0287. The summed E-state index contributed by atoms with van der Waals surface area (Å²) in [5.74, 6) is 0.152. The molecule has 2 amide bonds. The monoisotopic (exact) mass is 481 g/mol. The van der Waals surface area contributed by atoms with Crippen LogP contribution in [-0.2, 0) is 21.2 Å². The van der Waals surface area contributed by atoms with E-state index >= 15 is 0 Å². The number of alkyl halides is 2. The van der Waals surface area contributed by atoms with Crippen molar-refractivity contribution in [3.8, 4) is 11.5 Å². The Bertz CT molecular complexity index is 1110. The Hall–Kier alpha value is -3.08. The molecule has 0 aliphatic carbocycles. The van der Waals surface area contributed by atoms with E-state index in [9.17, 15) is 26.8 Å². The summed E-state index contributed by atoms with van der Waals surface area (Å²) in [5.41, 5.74) is 0.922. The van der Waals surface area contributed by atoms with Crippen molar-refractivity contribution in [2.24, 2.45) is 0 Å². The zero-order chi connectivity index (χ0) is 24.0. The lowest BCUT2D eigenvalue weighted by atomic mass is 10.1. The largest absolute Gasteiger partial charge is 0.455 e. The molecule has 1 aromatic heterocycles. The molecule has 1 saturated heterocycles. The van der Waals surface area contributed by atoms with Crippen LogP contribution in [0, 0.1) is 0 Å². The highest BCUT2D eigenvalue weighted by molar-refractivity contribution is 7.90. The zero-order valence-electron chi connectivity index (χ0n) is 18.1. The second-order valence-electron chi connectivity index (χ2n) is 7.74. The Balaban J connectivity index is 1.81. The van der Waals surface area contributed by atoms with Crippen molar-refractivity contribution < 1.29 is 31.5 Å². The average Bonchev–Trinajstić information content (AvgIpc) is 3.16. The minimum Gasteiger partial charge on any atom is -0.455 e. The molecule has 0 bridgehead atoms. The maximum Gasteiger partial charge on any atom is 0.251 e. The molecule has 1 aliphatic rings. The maximum absolute atomic E-state index is 12.5. The second-order valence-corrected chi connectivity index (χ2v) is 9.70. The molecule has 2 aromatic rings. The van der Waals surface area contributed by atoms with Gasteiger partial charge < -0.3 is 15.0 Å². The fraction of sp³-hybridized carbons (Fsp3) is 0.409. The number of carbonyl (C=O) groups is 2. The van der Waals surface area contributed by atoms with E-state index in [0.29, 0.717) is 30.8 Å². The molecule has 1 N–H and O–H groups in total. The van der Waals surface area contributed by atoms with Crippen LogP contribution in [0.2, 0.25) is 0 Å². The lowest BCUT2D eigenvalue weighted by Crippen LogP contribution is -2.26. The van der Waals surface area contributed by atoms with E-state index in [1.165, 1.54) is 24.4 Å². The van der Waals surface area contributed by atoms with Crippen LogP contribution in [0.3, 0.4) is 0 Å². The van der Waals surface area contributed by atoms with Gasteiger partial charge >= 0.3 is 0 Å². The number of hydrogen-bond acceptors (Lipinski definition) is 6. The number of halogens is 2. The molecule has 0 saturated carbocycles. The first-order valence-electron chi connectivity index (χ1n) is 10.4. The van der Waals surface area contributed by atoms with Crippen LogP contribution in [0.5, 0.6) is 11.5 Å². The first-order valence-corrected chi connectivity index (χ1v) is 12.3. The molecule has 0 radical (unpaired) electrons. The van der Waals surface area contributed by atoms with E-state index in [0.717, 1.165) is 12.7 Å². The van der Waals surface area contributed by atoms with Crippen molar-refractivity contribution in [3.63, 3.8) is 0 Å². The SMILES string of the molecule is CS(=O)(=O)c1ccc(Oc2cc(C(=O)NCCCC(F)F)ccc2CN2CCCC2=O)cn1. The van der Waals surface area contributed by atoms with Gasteiger partial charge in [-0.15, -0.1) is 0 Å². The van der Waals surface area contributed by atoms with Gasteiger partial charge in [-0.2, -0.15) is 0 Å². The third-order valence-corrected chi connectivity index (χ3v) is 6.06.